The molecule has 132 valence electrons. The number of nitriles is 1. The number of ether oxygens (including phenoxy) is 2. The molecule has 1 aromatic rings. The molecule has 0 radical (unpaired) electrons. The highest BCUT2D eigenvalue weighted by Gasteiger charge is 2.37. The SMILES string of the molecule is COc1ccc(C2(C#N)CCN(CC(=O)NO)CC2)cc1OC.Cl. The van der Waals surface area contributed by atoms with E-state index < -0.39 is 11.3 Å². The summed E-state index contributed by atoms with van der Waals surface area (Å²) < 4.78 is 10.6. The van der Waals surface area contributed by atoms with Crippen LogP contribution >= 0.6 is 12.4 Å². The van der Waals surface area contributed by atoms with Gasteiger partial charge in [-0.1, -0.05) is 6.07 Å². The van der Waals surface area contributed by atoms with Crippen molar-refractivity contribution >= 4 is 18.3 Å². The Balaban J connectivity index is 0.00000288. The highest BCUT2D eigenvalue weighted by molar-refractivity contribution is 5.85. The van der Waals surface area contributed by atoms with E-state index in [0.29, 0.717) is 37.4 Å². The van der Waals surface area contributed by atoms with Crippen molar-refractivity contribution in [3.8, 4) is 17.6 Å². The lowest BCUT2D eigenvalue weighted by molar-refractivity contribution is -0.130. The number of nitrogens with zero attached hydrogens (tertiary/aromatic N) is 2. The molecule has 2 N–H and O–H groups in total. The van der Waals surface area contributed by atoms with Crippen LogP contribution in [0, 0.1) is 11.3 Å². The number of piperidine rings is 1. The first-order valence-electron chi connectivity index (χ1n) is 7.37. The second-order valence-corrected chi connectivity index (χ2v) is 5.57. The minimum atomic E-state index is -0.605. The van der Waals surface area contributed by atoms with Gasteiger partial charge in [0.05, 0.1) is 32.2 Å². The minimum Gasteiger partial charge on any atom is -0.493 e. The molecule has 0 atom stereocenters. The van der Waals surface area contributed by atoms with Crippen LogP contribution in [0.4, 0.5) is 0 Å². The first kappa shape index (κ1) is 20.0. The van der Waals surface area contributed by atoms with Crippen LogP contribution in [0.3, 0.4) is 0 Å². The van der Waals surface area contributed by atoms with Gasteiger partial charge < -0.3 is 9.47 Å². The van der Waals surface area contributed by atoms with Gasteiger partial charge in [-0.3, -0.25) is 14.9 Å². The lowest BCUT2D eigenvalue weighted by atomic mass is 9.74. The molecule has 2 rings (SSSR count). The maximum Gasteiger partial charge on any atom is 0.257 e. The molecular formula is C16H22ClN3O4. The van der Waals surface area contributed by atoms with E-state index in [1.165, 1.54) is 0 Å². The number of likely N-dealkylation sites (tertiary alicyclic amines) is 1. The quantitative estimate of drug-likeness (QED) is 0.613. The smallest absolute Gasteiger partial charge is 0.257 e. The van der Waals surface area contributed by atoms with E-state index in [2.05, 4.69) is 6.07 Å². The summed E-state index contributed by atoms with van der Waals surface area (Å²) in [5.41, 5.74) is 1.92. The molecular weight excluding hydrogens is 334 g/mol. The predicted molar refractivity (Wildman–Crippen MR) is 89.7 cm³/mol. The summed E-state index contributed by atoms with van der Waals surface area (Å²) >= 11 is 0. The molecule has 0 spiro atoms. The zero-order chi connectivity index (χ0) is 16.9. The van der Waals surface area contributed by atoms with Gasteiger partial charge in [0, 0.05) is 13.1 Å². The molecule has 0 unspecified atom stereocenters. The number of carbonyl (C=O) groups is 1. The number of hydrogen-bond acceptors (Lipinski definition) is 6. The Hall–Kier alpha value is -2.01. The Morgan fingerprint density at radius 1 is 1.33 bits per heavy atom. The summed E-state index contributed by atoms with van der Waals surface area (Å²) in [5.74, 6) is 0.781. The summed E-state index contributed by atoms with van der Waals surface area (Å²) in [7, 11) is 3.14. The normalized spacial score (nSPS) is 16.4. The van der Waals surface area contributed by atoms with Crippen molar-refractivity contribution in [1.29, 1.82) is 5.26 Å². The summed E-state index contributed by atoms with van der Waals surface area (Å²) in [4.78, 5) is 13.2. The van der Waals surface area contributed by atoms with Crippen molar-refractivity contribution in [2.75, 3.05) is 33.9 Å². The van der Waals surface area contributed by atoms with Gasteiger partial charge >= 0.3 is 0 Å². The Morgan fingerprint density at radius 3 is 2.46 bits per heavy atom. The van der Waals surface area contributed by atoms with Crippen LogP contribution in [-0.4, -0.2) is 49.9 Å². The summed E-state index contributed by atoms with van der Waals surface area (Å²) in [6.07, 6.45) is 1.22. The maximum atomic E-state index is 11.2. The monoisotopic (exact) mass is 355 g/mol. The van der Waals surface area contributed by atoms with E-state index in [0.717, 1.165) is 5.56 Å². The first-order valence-corrected chi connectivity index (χ1v) is 7.37. The molecule has 1 aliphatic heterocycles. The molecule has 1 fully saturated rings. The summed E-state index contributed by atoms with van der Waals surface area (Å²) in [6, 6.07) is 7.98. The molecule has 1 aliphatic rings. The standard InChI is InChI=1S/C16H21N3O4.ClH/c1-22-13-4-3-12(9-14(13)23-2)16(11-17)5-7-19(8-6-16)10-15(20)18-21;/h3-4,9,21H,5-8,10H2,1-2H3,(H,18,20);1H. The Morgan fingerprint density at radius 2 is 1.96 bits per heavy atom. The van der Waals surface area contributed by atoms with E-state index in [4.69, 9.17) is 14.7 Å². The minimum absolute atomic E-state index is 0. The molecule has 24 heavy (non-hydrogen) atoms. The Labute approximate surface area is 147 Å². The largest absolute Gasteiger partial charge is 0.493 e. The fourth-order valence-corrected chi connectivity index (χ4v) is 2.93. The number of nitrogens with one attached hydrogen (secondary N) is 1. The summed E-state index contributed by atoms with van der Waals surface area (Å²) in [6.45, 7) is 1.34. The molecule has 1 heterocycles. The van der Waals surface area contributed by atoms with E-state index in [1.807, 2.05) is 17.0 Å². The van der Waals surface area contributed by atoms with E-state index in [-0.39, 0.29) is 19.0 Å². The topological polar surface area (TPSA) is 94.8 Å². The second kappa shape index (κ2) is 8.73. The number of methoxy groups -OCH3 is 2. The molecule has 0 aliphatic carbocycles. The third-order valence-electron chi connectivity index (χ3n) is 4.35. The van der Waals surface area contributed by atoms with Crippen LogP contribution in [0.5, 0.6) is 11.5 Å². The van der Waals surface area contributed by atoms with Crippen LogP contribution in [0.25, 0.3) is 0 Å². The summed E-state index contributed by atoms with van der Waals surface area (Å²) in [5, 5.41) is 18.3. The fraction of sp³-hybridized carbons (Fsp3) is 0.500. The van der Waals surface area contributed by atoms with Crippen LogP contribution in [0.15, 0.2) is 18.2 Å². The zero-order valence-electron chi connectivity index (χ0n) is 13.7. The van der Waals surface area contributed by atoms with Crippen molar-refractivity contribution in [1.82, 2.24) is 10.4 Å². The molecule has 8 heteroatoms. The van der Waals surface area contributed by atoms with Crippen molar-refractivity contribution in [3.63, 3.8) is 0 Å². The lowest BCUT2D eigenvalue weighted by Gasteiger charge is -2.37. The molecule has 0 aromatic heterocycles. The van der Waals surface area contributed by atoms with Crippen LogP contribution < -0.4 is 15.0 Å². The van der Waals surface area contributed by atoms with E-state index in [9.17, 15) is 10.1 Å². The highest BCUT2D eigenvalue weighted by atomic mass is 35.5. The molecule has 0 bridgehead atoms. The molecule has 1 saturated heterocycles. The Bertz CT molecular complexity index is 610. The maximum absolute atomic E-state index is 11.2. The average Bonchev–Trinajstić information content (AvgIpc) is 2.61. The van der Waals surface area contributed by atoms with Crippen molar-refractivity contribution in [2.45, 2.75) is 18.3 Å². The first-order chi connectivity index (χ1) is 11.1. The highest BCUT2D eigenvalue weighted by Crippen LogP contribution is 2.39. The van der Waals surface area contributed by atoms with Gasteiger partial charge in [0.25, 0.3) is 5.91 Å². The lowest BCUT2D eigenvalue weighted by Crippen LogP contribution is -2.45. The molecule has 1 aromatic carbocycles. The van der Waals surface area contributed by atoms with Crippen molar-refractivity contribution < 1.29 is 19.5 Å². The van der Waals surface area contributed by atoms with Gasteiger partial charge in [0.2, 0.25) is 0 Å². The van der Waals surface area contributed by atoms with Gasteiger partial charge in [-0.25, -0.2) is 5.48 Å². The molecule has 7 nitrogen and oxygen atoms in total. The number of hydroxylamine groups is 1. The molecule has 0 saturated carbocycles. The average molecular weight is 356 g/mol. The van der Waals surface area contributed by atoms with Crippen LogP contribution in [0.2, 0.25) is 0 Å². The van der Waals surface area contributed by atoms with Gasteiger partial charge in [0.1, 0.15) is 0 Å². The van der Waals surface area contributed by atoms with Gasteiger partial charge in [-0.2, -0.15) is 5.26 Å². The number of halogens is 1. The van der Waals surface area contributed by atoms with Crippen molar-refractivity contribution in [2.24, 2.45) is 0 Å². The van der Waals surface area contributed by atoms with E-state index >= 15 is 0 Å². The number of hydrogen-bond donors (Lipinski definition) is 2. The predicted octanol–water partition coefficient (Wildman–Crippen LogP) is 1.49. The zero-order valence-corrected chi connectivity index (χ0v) is 14.6. The number of amides is 1. The van der Waals surface area contributed by atoms with Crippen LogP contribution in [-0.2, 0) is 10.2 Å². The number of benzene rings is 1. The third kappa shape index (κ3) is 4.09. The van der Waals surface area contributed by atoms with Crippen LogP contribution in [0.1, 0.15) is 18.4 Å². The van der Waals surface area contributed by atoms with Gasteiger partial charge in [-0.15, -0.1) is 12.4 Å². The molecule has 1 amide bonds. The fourth-order valence-electron chi connectivity index (χ4n) is 2.93. The third-order valence-corrected chi connectivity index (χ3v) is 4.35. The van der Waals surface area contributed by atoms with E-state index in [1.54, 1.807) is 25.8 Å². The van der Waals surface area contributed by atoms with Gasteiger partial charge in [-0.05, 0) is 30.5 Å². The second-order valence-electron chi connectivity index (χ2n) is 5.57. The number of rotatable bonds is 5. The number of carbonyl (C=O) groups excluding carboxylic acids is 1. The Kier molecular flexibility index (Phi) is 7.29. The van der Waals surface area contributed by atoms with Gasteiger partial charge in [0.15, 0.2) is 11.5 Å². The van der Waals surface area contributed by atoms with Crippen molar-refractivity contribution in [3.05, 3.63) is 23.8 Å².